The highest BCUT2D eigenvalue weighted by atomic mass is 32.1. The van der Waals surface area contributed by atoms with E-state index in [0.29, 0.717) is 17.1 Å². The topological polar surface area (TPSA) is 65.8 Å². The molecule has 0 spiro atoms. The van der Waals surface area contributed by atoms with Crippen molar-refractivity contribution in [2.24, 2.45) is 5.41 Å². The number of fused-ring (bicyclic) bond motifs is 2. The number of benzene rings is 3. The van der Waals surface area contributed by atoms with Gasteiger partial charge in [-0.3, -0.25) is 4.79 Å². The molecule has 0 saturated carbocycles. The Labute approximate surface area is 178 Å². The summed E-state index contributed by atoms with van der Waals surface area (Å²) >= 11 is 1.41. The zero-order valence-corrected chi connectivity index (χ0v) is 17.2. The van der Waals surface area contributed by atoms with Gasteiger partial charge >= 0.3 is 0 Å². The van der Waals surface area contributed by atoms with Gasteiger partial charge < -0.3 is 5.32 Å². The number of hydrogen-bond acceptors (Lipinski definition) is 4. The van der Waals surface area contributed by atoms with Gasteiger partial charge in [-0.15, -0.1) is 11.3 Å². The number of nitrogens with zero attached hydrogens (tertiary/aromatic N) is 2. The fraction of sp³-hybridized carbons (Fsp3) is 0.160. The highest BCUT2D eigenvalue weighted by molar-refractivity contribution is 7.13. The van der Waals surface area contributed by atoms with Crippen LogP contribution in [0.15, 0.2) is 72.2 Å². The minimum absolute atomic E-state index is 0.0506. The van der Waals surface area contributed by atoms with Crippen molar-refractivity contribution >= 4 is 33.1 Å². The lowest BCUT2D eigenvalue weighted by molar-refractivity contribution is -0.125. The molecule has 4 aromatic rings. The number of nitrogens with one attached hydrogen (secondary N) is 1. The molecule has 0 bridgehead atoms. The van der Waals surface area contributed by atoms with Gasteiger partial charge in [0.2, 0.25) is 5.91 Å². The maximum atomic E-state index is 13.5. The molecule has 1 heterocycles. The monoisotopic (exact) mass is 409 g/mol. The van der Waals surface area contributed by atoms with Crippen LogP contribution in [0.2, 0.25) is 0 Å². The molecule has 0 unspecified atom stereocenters. The Hall–Kier alpha value is -3.49. The van der Waals surface area contributed by atoms with Crippen LogP contribution in [0.25, 0.3) is 10.8 Å². The largest absolute Gasteiger partial charge is 0.301 e. The zero-order chi connectivity index (χ0) is 20.7. The average molecular weight is 410 g/mol. The second-order valence-corrected chi connectivity index (χ2v) is 8.85. The Kier molecular flexibility index (Phi) is 4.38. The summed E-state index contributed by atoms with van der Waals surface area (Å²) in [6.07, 6.45) is 2.30. The van der Waals surface area contributed by atoms with Crippen LogP contribution >= 0.6 is 11.3 Å². The van der Waals surface area contributed by atoms with Gasteiger partial charge in [0, 0.05) is 17.5 Å². The summed E-state index contributed by atoms with van der Waals surface area (Å²) in [5.74, 6) is -0.198. The maximum absolute atomic E-state index is 13.5. The van der Waals surface area contributed by atoms with Crippen LogP contribution in [-0.2, 0) is 11.2 Å². The molecule has 0 radical (unpaired) electrons. The second-order valence-electron chi connectivity index (χ2n) is 7.95. The van der Waals surface area contributed by atoms with E-state index >= 15 is 0 Å². The normalized spacial score (nSPS) is 19.9. The summed E-state index contributed by atoms with van der Waals surface area (Å²) in [5.41, 5.74) is 3.18. The van der Waals surface area contributed by atoms with Gasteiger partial charge in [0.15, 0.2) is 5.13 Å². The SMILES string of the molecule is C[C@@]1(C(=O)Nc2nccs2)Cc2ccc(C#N)cc2[C@@H]1c1ccc2ccccc2c1. The van der Waals surface area contributed by atoms with Gasteiger partial charge in [-0.2, -0.15) is 5.26 Å². The molecule has 30 heavy (non-hydrogen) atoms. The quantitative estimate of drug-likeness (QED) is 0.486. The fourth-order valence-electron chi connectivity index (χ4n) is 4.61. The summed E-state index contributed by atoms with van der Waals surface area (Å²) in [6, 6.07) is 22.6. The first kappa shape index (κ1) is 18.5. The van der Waals surface area contributed by atoms with Crippen molar-refractivity contribution in [1.82, 2.24) is 4.98 Å². The van der Waals surface area contributed by atoms with E-state index in [2.05, 4.69) is 46.7 Å². The van der Waals surface area contributed by atoms with Gasteiger partial charge in [0.05, 0.1) is 17.0 Å². The minimum Gasteiger partial charge on any atom is -0.301 e. The molecule has 1 N–H and O–H groups in total. The predicted molar refractivity (Wildman–Crippen MR) is 120 cm³/mol. The van der Waals surface area contributed by atoms with Crippen LogP contribution < -0.4 is 5.32 Å². The molecule has 5 heteroatoms. The van der Waals surface area contributed by atoms with Crippen molar-refractivity contribution in [3.8, 4) is 6.07 Å². The molecule has 0 aliphatic heterocycles. The number of nitriles is 1. The Morgan fingerprint density at radius 1 is 1.17 bits per heavy atom. The second kappa shape index (κ2) is 7.08. The van der Waals surface area contributed by atoms with Gasteiger partial charge in [-0.25, -0.2) is 4.98 Å². The van der Waals surface area contributed by atoms with E-state index in [9.17, 15) is 10.1 Å². The molecular weight excluding hydrogens is 390 g/mol. The summed E-state index contributed by atoms with van der Waals surface area (Å²) in [7, 11) is 0. The van der Waals surface area contributed by atoms with Crippen molar-refractivity contribution in [1.29, 1.82) is 5.26 Å². The van der Waals surface area contributed by atoms with E-state index in [0.717, 1.165) is 22.1 Å². The van der Waals surface area contributed by atoms with Crippen LogP contribution in [0.1, 0.15) is 35.1 Å². The van der Waals surface area contributed by atoms with Gasteiger partial charge in [0.1, 0.15) is 0 Å². The third-order valence-electron chi connectivity index (χ3n) is 6.06. The number of carbonyl (C=O) groups excluding carboxylic acids is 1. The molecule has 1 aromatic heterocycles. The van der Waals surface area contributed by atoms with Crippen molar-refractivity contribution in [2.75, 3.05) is 5.32 Å². The van der Waals surface area contributed by atoms with Crippen LogP contribution in [-0.4, -0.2) is 10.9 Å². The first-order valence-corrected chi connectivity index (χ1v) is 10.7. The number of amides is 1. The first-order chi connectivity index (χ1) is 14.6. The van der Waals surface area contributed by atoms with E-state index in [1.165, 1.54) is 16.7 Å². The molecule has 1 aliphatic rings. The fourth-order valence-corrected chi connectivity index (χ4v) is 5.13. The van der Waals surface area contributed by atoms with Crippen molar-refractivity contribution in [3.05, 3.63) is 94.5 Å². The van der Waals surface area contributed by atoms with Crippen LogP contribution in [0.4, 0.5) is 5.13 Å². The molecule has 3 aromatic carbocycles. The molecule has 1 aliphatic carbocycles. The lowest BCUT2D eigenvalue weighted by atomic mass is 9.73. The summed E-state index contributed by atoms with van der Waals surface area (Å²) in [4.78, 5) is 17.7. The Morgan fingerprint density at radius 3 is 2.77 bits per heavy atom. The molecule has 4 nitrogen and oxygen atoms in total. The number of carbonyl (C=O) groups is 1. The molecule has 1 amide bonds. The van der Waals surface area contributed by atoms with Crippen LogP contribution in [0, 0.1) is 16.7 Å². The van der Waals surface area contributed by atoms with Crippen molar-refractivity contribution < 1.29 is 4.79 Å². The van der Waals surface area contributed by atoms with Crippen molar-refractivity contribution in [3.63, 3.8) is 0 Å². The summed E-state index contributed by atoms with van der Waals surface area (Å²) in [5, 5.41) is 17.2. The number of rotatable bonds is 3. The van der Waals surface area contributed by atoms with Crippen molar-refractivity contribution in [2.45, 2.75) is 19.3 Å². The lowest BCUT2D eigenvalue weighted by Crippen LogP contribution is -2.37. The lowest BCUT2D eigenvalue weighted by Gasteiger charge is -2.31. The predicted octanol–water partition coefficient (Wildman–Crippen LogP) is 5.50. The van der Waals surface area contributed by atoms with E-state index in [1.807, 2.05) is 42.6 Å². The molecule has 2 atom stereocenters. The molecule has 146 valence electrons. The molecule has 0 fully saturated rings. The van der Waals surface area contributed by atoms with Gasteiger partial charge in [0.25, 0.3) is 0 Å². The molecule has 5 rings (SSSR count). The van der Waals surface area contributed by atoms with E-state index < -0.39 is 5.41 Å². The maximum Gasteiger partial charge on any atom is 0.233 e. The Bertz CT molecular complexity index is 1310. The summed E-state index contributed by atoms with van der Waals surface area (Å²) < 4.78 is 0. The van der Waals surface area contributed by atoms with Gasteiger partial charge in [-0.1, -0.05) is 48.5 Å². The number of thiazole rings is 1. The molecular formula is C25H19N3OS. The Morgan fingerprint density at radius 2 is 2.00 bits per heavy atom. The summed E-state index contributed by atoms with van der Waals surface area (Å²) in [6.45, 7) is 2.02. The Balaban J connectivity index is 1.65. The average Bonchev–Trinajstić information content (AvgIpc) is 3.38. The van der Waals surface area contributed by atoms with Crippen LogP contribution in [0.3, 0.4) is 0 Å². The van der Waals surface area contributed by atoms with E-state index in [1.54, 1.807) is 6.20 Å². The van der Waals surface area contributed by atoms with E-state index in [-0.39, 0.29) is 11.8 Å². The standard InChI is InChI=1S/C25H19N3OS/c1-25(23(29)28-24-27-10-11-30-24)14-20-7-6-16(15-26)12-21(20)22(25)19-9-8-17-4-2-3-5-18(17)13-19/h2-13,22H,14H2,1H3,(H,27,28,29)/t22-,25+/m0/s1. The first-order valence-electron chi connectivity index (χ1n) is 9.81. The van der Waals surface area contributed by atoms with Crippen LogP contribution in [0.5, 0.6) is 0 Å². The minimum atomic E-state index is -0.690. The van der Waals surface area contributed by atoms with Gasteiger partial charge in [-0.05, 0) is 52.9 Å². The number of aromatic nitrogens is 1. The number of hydrogen-bond donors (Lipinski definition) is 1. The van der Waals surface area contributed by atoms with E-state index in [4.69, 9.17) is 0 Å². The highest BCUT2D eigenvalue weighted by Crippen LogP contribution is 2.52. The third-order valence-corrected chi connectivity index (χ3v) is 6.75. The third kappa shape index (κ3) is 2.97. The highest BCUT2D eigenvalue weighted by Gasteiger charge is 2.49. The molecule has 0 saturated heterocycles. The number of anilines is 1. The zero-order valence-electron chi connectivity index (χ0n) is 16.4. The smallest absolute Gasteiger partial charge is 0.233 e.